The van der Waals surface area contributed by atoms with Crippen LogP contribution in [0.4, 0.5) is 0 Å². The van der Waals surface area contributed by atoms with E-state index in [0.717, 1.165) is 0 Å². The van der Waals surface area contributed by atoms with Gasteiger partial charge in [0.1, 0.15) is 0 Å². The van der Waals surface area contributed by atoms with Crippen LogP contribution in [0.15, 0.2) is 24.3 Å². The summed E-state index contributed by atoms with van der Waals surface area (Å²) in [5.74, 6) is 0. The van der Waals surface area contributed by atoms with Gasteiger partial charge in [-0.3, -0.25) is 0 Å². The highest BCUT2D eigenvalue weighted by Gasteiger charge is 2.16. The summed E-state index contributed by atoms with van der Waals surface area (Å²) in [6, 6.07) is 9.05. The normalized spacial score (nSPS) is 10.6. The number of rotatable bonds is 2. The molecule has 2 aromatic carbocycles. The molecule has 0 fully saturated rings. The molecule has 19 heavy (non-hydrogen) atoms. The van der Waals surface area contributed by atoms with Crippen molar-refractivity contribution in [3.05, 3.63) is 75.2 Å². The monoisotopic (exact) mass is 251 g/mol. The second kappa shape index (κ2) is 5.13. The molecule has 0 nitrogen and oxygen atoms in total. The number of benzene rings is 2. The second-order valence-corrected chi connectivity index (χ2v) is 5.77. The van der Waals surface area contributed by atoms with Gasteiger partial charge in [0.25, 0.3) is 0 Å². The third-order valence-corrected chi connectivity index (χ3v) is 3.76. The molecule has 0 aromatic heterocycles. The van der Waals surface area contributed by atoms with Crippen LogP contribution in [0.3, 0.4) is 0 Å². The van der Waals surface area contributed by atoms with Gasteiger partial charge < -0.3 is 0 Å². The average molecular weight is 251 g/mol. The molecule has 0 aliphatic heterocycles. The fourth-order valence-electron chi connectivity index (χ4n) is 2.98. The topological polar surface area (TPSA) is 0 Å². The molecule has 0 aliphatic rings. The first-order chi connectivity index (χ1) is 8.88. The molecule has 0 heterocycles. The molecule has 0 N–H and O–H groups in total. The summed E-state index contributed by atoms with van der Waals surface area (Å²) in [5, 5.41) is 0. The van der Waals surface area contributed by atoms with Gasteiger partial charge in [0.15, 0.2) is 0 Å². The Labute approximate surface area is 117 Å². The molecule has 2 aromatic rings. The maximum absolute atomic E-state index is 2.34. The molecule has 0 unspecified atom stereocenters. The van der Waals surface area contributed by atoms with Crippen LogP contribution in [0.2, 0.25) is 0 Å². The Hall–Kier alpha value is -1.69. The molecule has 0 bridgehead atoms. The number of aryl methyl sites for hydroxylation is 6. The minimum atomic E-state index is 1.34. The van der Waals surface area contributed by atoms with Crippen molar-refractivity contribution in [2.75, 3.05) is 0 Å². The van der Waals surface area contributed by atoms with E-state index in [1.807, 2.05) is 0 Å². The van der Waals surface area contributed by atoms with Crippen LogP contribution in [0.25, 0.3) is 0 Å². The fraction of sp³-hybridized carbons (Fsp3) is 0.316. The van der Waals surface area contributed by atoms with E-state index in [1.165, 1.54) is 44.5 Å². The largest absolute Gasteiger partial charge is 0.0781 e. The van der Waals surface area contributed by atoms with Gasteiger partial charge in [0, 0.05) is 28.7 Å². The third kappa shape index (κ3) is 2.84. The lowest BCUT2D eigenvalue weighted by molar-refractivity contribution is 1.20. The summed E-state index contributed by atoms with van der Waals surface area (Å²) in [7, 11) is 0. The Kier molecular flexibility index (Phi) is 3.71. The first-order valence-electron chi connectivity index (χ1n) is 6.89. The van der Waals surface area contributed by atoms with E-state index >= 15 is 0 Å². The summed E-state index contributed by atoms with van der Waals surface area (Å²) in [4.78, 5) is 0. The predicted octanol–water partition coefficient (Wildman–Crippen LogP) is 5.14. The highest BCUT2D eigenvalue weighted by molar-refractivity contribution is 5.52. The lowest BCUT2D eigenvalue weighted by atomic mass is 9.89. The van der Waals surface area contributed by atoms with E-state index in [1.54, 1.807) is 0 Å². The fourth-order valence-corrected chi connectivity index (χ4v) is 2.98. The first-order valence-corrected chi connectivity index (χ1v) is 6.89. The molecule has 98 valence electrons. The van der Waals surface area contributed by atoms with E-state index in [0.29, 0.717) is 0 Å². The summed E-state index contributed by atoms with van der Waals surface area (Å²) in [5.41, 5.74) is 10.8. The number of hydrogen-bond acceptors (Lipinski definition) is 0. The van der Waals surface area contributed by atoms with Gasteiger partial charge in [-0.2, -0.15) is 0 Å². The van der Waals surface area contributed by atoms with E-state index in [-0.39, 0.29) is 0 Å². The van der Waals surface area contributed by atoms with Crippen LogP contribution in [0.5, 0.6) is 0 Å². The van der Waals surface area contributed by atoms with Crippen molar-refractivity contribution in [2.45, 2.75) is 41.5 Å². The van der Waals surface area contributed by atoms with Gasteiger partial charge >= 0.3 is 0 Å². The van der Waals surface area contributed by atoms with Gasteiger partial charge in [-0.05, 0) is 76.9 Å². The van der Waals surface area contributed by atoms with Crippen molar-refractivity contribution in [1.82, 2.24) is 0 Å². The van der Waals surface area contributed by atoms with Gasteiger partial charge in [-0.1, -0.05) is 0 Å². The van der Waals surface area contributed by atoms with Crippen molar-refractivity contribution in [1.29, 1.82) is 0 Å². The molecule has 0 radical (unpaired) electrons. The van der Waals surface area contributed by atoms with E-state index in [9.17, 15) is 0 Å². The van der Waals surface area contributed by atoms with Crippen molar-refractivity contribution in [2.24, 2.45) is 0 Å². The highest BCUT2D eigenvalue weighted by atomic mass is 14.1. The molecule has 0 heteroatoms. The first kappa shape index (κ1) is 13.7. The SMILES string of the molecule is Cc1cc(C)c([CH+]c2c(C)cc(C)cc2C)c(C)c1. The molecular weight excluding hydrogens is 228 g/mol. The van der Waals surface area contributed by atoms with Crippen LogP contribution in [0, 0.1) is 48.0 Å². The van der Waals surface area contributed by atoms with Crippen molar-refractivity contribution in [3.63, 3.8) is 0 Å². The van der Waals surface area contributed by atoms with Gasteiger partial charge in [-0.15, -0.1) is 0 Å². The van der Waals surface area contributed by atoms with E-state index in [4.69, 9.17) is 0 Å². The van der Waals surface area contributed by atoms with E-state index < -0.39 is 0 Å². The summed E-state index contributed by atoms with van der Waals surface area (Å²) >= 11 is 0. The Morgan fingerprint density at radius 3 is 1.05 bits per heavy atom. The Bertz CT molecular complexity index is 516. The zero-order valence-corrected chi connectivity index (χ0v) is 12.9. The summed E-state index contributed by atoms with van der Waals surface area (Å²) < 4.78 is 0. The summed E-state index contributed by atoms with van der Waals surface area (Å²) in [6.45, 7) is 13.1. The Balaban J connectivity index is 2.48. The minimum absolute atomic E-state index is 1.34. The minimum Gasteiger partial charge on any atom is -0.0384 e. The molecule has 0 saturated heterocycles. The number of hydrogen-bond donors (Lipinski definition) is 0. The van der Waals surface area contributed by atoms with Gasteiger partial charge in [0.2, 0.25) is 0 Å². The zero-order chi connectivity index (χ0) is 14.2. The molecule has 0 saturated carbocycles. The molecule has 0 aliphatic carbocycles. The molecule has 0 atom stereocenters. The summed E-state index contributed by atoms with van der Waals surface area (Å²) in [6.07, 6.45) is 2.34. The quantitative estimate of drug-likeness (QED) is 0.648. The maximum Gasteiger partial charge on any atom is 0.0781 e. The Morgan fingerprint density at radius 2 is 0.789 bits per heavy atom. The molecular formula is C19H23+. The van der Waals surface area contributed by atoms with Crippen molar-refractivity contribution < 1.29 is 0 Å². The van der Waals surface area contributed by atoms with Crippen LogP contribution in [-0.4, -0.2) is 0 Å². The van der Waals surface area contributed by atoms with Crippen LogP contribution < -0.4 is 0 Å². The molecule has 2 rings (SSSR count). The van der Waals surface area contributed by atoms with Crippen LogP contribution in [-0.2, 0) is 0 Å². The maximum atomic E-state index is 2.34. The molecule has 0 spiro atoms. The van der Waals surface area contributed by atoms with Crippen molar-refractivity contribution in [3.8, 4) is 0 Å². The lowest BCUT2D eigenvalue weighted by Crippen LogP contribution is -1.99. The molecule has 0 amide bonds. The van der Waals surface area contributed by atoms with Crippen molar-refractivity contribution >= 4 is 0 Å². The standard InChI is InChI=1S/C19H23/c1-12-7-14(3)18(15(4)8-12)11-19-16(5)9-13(2)10-17(19)6/h7-11H,1-6H3/q+1. The predicted molar refractivity (Wildman–Crippen MR) is 83.8 cm³/mol. The van der Waals surface area contributed by atoms with Gasteiger partial charge in [0.05, 0.1) is 11.1 Å². The second-order valence-electron chi connectivity index (χ2n) is 5.77. The lowest BCUT2D eigenvalue weighted by Gasteiger charge is -2.09. The van der Waals surface area contributed by atoms with Gasteiger partial charge in [-0.25, -0.2) is 0 Å². The smallest absolute Gasteiger partial charge is 0.0384 e. The highest BCUT2D eigenvalue weighted by Crippen LogP contribution is 2.26. The van der Waals surface area contributed by atoms with E-state index in [2.05, 4.69) is 72.2 Å². The zero-order valence-electron chi connectivity index (χ0n) is 12.9. The Morgan fingerprint density at radius 1 is 0.526 bits per heavy atom. The van der Waals surface area contributed by atoms with Crippen LogP contribution in [0.1, 0.15) is 44.5 Å². The third-order valence-electron chi connectivity index (χ3n) is 3.76. The van der Waals surface area contributed by atoms with Crippen LogP contribution >= 0.6 is 0 Å². The average Bonchev–Trinajstić information content (AvgIpc) is 2.25.